The molecule has 142 valence electrons. The van der Waals surface area contributed by atoms with Crippen molar-refractivity contribution >= 4 is 28.8 Å². The Hall–Kier alpha value is -3.54. The third kappa shape index (κ3) is 4.79. The maximum atomic E-state index is 13.5. The molecule has 0 saturated carbocycles. The number of aromatic nitrogens is 1. The quantitative estimate of drug-likeness (QED) is 0.512. The van der Waals surface area contributed by atoms with Crippen molar-refractivity contribution in [2.24, 2.45) is 0 Å². The molecule has 1 heterocycles. The molecule has 2 N–H and O–H groups in total. The Kier molecular flexibility index (Phi) is 6.11. The van der Waals surface area contributed by atoms with Crippen LogP contribution in [0, 0.1) is 12.7 Å². The van der Waals surface area contributed by atoms with Crippen molar-refractivity contribution in [3.8, 4) is 0 Å². The summed E-state index contributed by atoms with van der Waals surface area (Å²) in [6, 6.07) is 13.9. The lowest BCUT2D eigenvalue weighted by atomic mass is 10.1. The average Bonchev–Trinajstić information content (AvgIpc) is 2.71. The summed E-state index contributed by atoms with van der Waals surface area (Å²) in [5.74, 6) is -1.08. The molecular weight excluding hydrogens is 357 g/mol. The molecule has 5 nitrogen and oxygen atoms in total. The van der Waals surface area contributed by atoms with E-state index in [-0.39, 0.29) is 30.5 Å². The Bertz CT molecular complexity index is 1040. The highest BCUT2D eigenvalue weighted by atomic mass is 19.1. The van der Waals surface area contributed by atoms with Crippen LogP contribution in [-0.4, -0.2) is 29.9 Å². The van der Waals surface area contributed by atoms with Gasteiger partial charge in [0.05, 0.1) is 5.52 Å². The van der Waals surface area contributed by atoms with E-state index in [1.54, 1.807) is 31.3 Å². The maximum absolute atomic E-state index is 13.5. The van der Waals surface area contributed by atoms with E-state index in [0.29, 0.717) is 5.56 Å². The molecule has 0 atom stereocenters. The fraction of sp³-hybridized carbons (Fsp3) is 0.136. The monoisotopic (exact) mass is 377 g/mol. The first-order valence-corrected chi connectivity index (χ1v) is 8.88. The highest BCUT2D eigenvalue weighted by molar-refractivity contribution is 5.96. The predicted molar refractivity (Wildman–Crippen MR) is 107 cm³/mol. The molecule has 0 bridgehead atoms. The van der Waals surface area contributed by atoms with Gasteiger partial charge in [-0.25, -0.2) is 4.39 Å². The van der Waals surface area contributed by atoms with Crippen LogP contribution in [0.4, 0.5) is 4.39 Å². The summed E-state index contributed by atoms with van der Waals surface area (Å²) in [6.45, 7) is 2.13. The van der Waals surface area contributed by atoms with E-state index in [4.69, 9.17) is 0 Å². The molecule has 0 spiro atoms. The highest BCUT2D eigenvalue weighted by Crippen LogP contribution is 2.16. The van der Waals surface area contributed by atoms with Crippen LogP contribution >= 0.6 is 0 Å². The average molecular weight is 377 g/mol. The van der Waals surface area contributed by atoms with Crippen molar-refractivity contribution < 1.29 is 14.0 Å². The zero-order valence-corrected chi connectivity index (χ0v) is 15.4. The lowest BCUT2D eigenvalue weighted by Gasteiger charge is -2.07. The van der Waals surface area contributed by atoms with Gasteiger partial charge < -0.3 is 10.6 Å². The smallest absolute Gasteiger partial charge is 0.251 e. The van der Waals surface area contributed by atoms with Crippen LogP contribution in [0.3, 0.4) is 0 Å². The number of para-hydroxylation sites is 1. The van der Waals surface area contributed by atoms with Gasteiger partial charge in [-0.05, 0) is 36.8 Å². The fourth-order valence-corrected chi connectivity index (χ4v) is 2.68. The lowest BCUT2D eigenvalue weighted by Crippen LogP contribution is -2.34. The number of nitrogens with zero attached hydrogens (tertiary/aromatic N) is 1. The Morgan fingerprint density at radius 1 is 1.07 bits per heavy atom. The lowest BCUT2D eigenvalue weighted by molar-refractivity contribution is -0.116. The van der Waals surface area contributed by atoms with Gasteiger partial charge in [-0.1, -0.05) is 30.3 Å². The van der Waals surface area contributed by atoms with Crippen LogP contribution in [0.1, 0.15) is 21.5 Å². The Labute approximate surface area is 162 Å². The van der Waals surface area contributed by atoms with E-state index in [2.05, 4.69) is 15.6 Å². The third-order valence-electron chi connectivity index (χ3n) is 4.22. The fourth-order valence-electron chi connectivity index (χ4n) is 2.68. The van der Waals surface area contributed by atoms with Crippen molar-refractivity contribution in [1.29, 1.82) is 0 Å². The minimum Gasteiger partial charge on any atom is -0.351 e. The number of pyridine rings is 1. The summed E-state index contributed by atoms with van der Waals surface area (Å²) in [5, 5.41) is 6.34. The van der Waals surface area contributed by atoms with E-state index in [9.17, 15) is 14.0 Å². The van der Waals surface area contributed by atoms with Gasteiger partial charge in [0.2, 0.25) is 5.91 Å². The first kappa shape index (κ1) is 19.2. The van der Waals surface area contributed by atoms with Crippen molar-refractivity contribution in [2.45, 2.75) is 6.92 Å². The van der Waals surface area contributed by atoms with Crippen LogP contribution in [0.2, 0.25) is 0 Å². The molecule has 28 heavy (non-hydrogen) atoms. The van der Waals surface area contributed by atoms with Crippen LogP contribution in [-0.2, 0) is 4.79 Å². The second kappa shape index (κ2) is 8.90. The predicted octanol–water partition coefficient (Wildman–Crippen LogP) is 3.24. The maximum Gasteiger partial charge on any atom is 0.251 e. The van der Waals surface area contributed by atoms with Gasteiger partial charge in [-0.3, -0.25) is 14.6 Å². The summed E-state index contributed by atoms with van der Waals surface area (Å²) in [7, 11) is 0. The zero-order chi connectivity index (χ0) is 19.9. The normalized spacial score (nSPS) is 10.9. The molecule has 3 rings (SSSR count). The number of fused-ring (bicyclic) bond motifs is 1. The van der Waals surface area contributed by atoms with Crippen LogP contribution < -0.4 is 10.6 Å². The van der Waals surface area contributed by atoms with E-state index < -0.39 is 5.82 Å². The largest absolute Gasteiger partial charge is 0.351 e. The standard InChI is InChI=1S/C22H20FN3O2/c1-15-7-8-18(14-19(15)23)22(28)26-13-12-24-20(27)10-9-17-5-2-4-16-6-3-11-25-21(16)17/h2-11,14H,12-13H2,1H3,(H,24,27)(H,26,28)/b10-9+. The number of carbonyl (C=O) groups excluding carboxylic acids is 2. The molecule has 0 fully saturated rings. The number of hydrogen-bond donors (Lipinski definition) is 2. The Morgan fingerprint density at radius 2 is 1.86 bits per heavy atom. The van der Waals surface area contributed by atoms with Gasteiger partial charge in [-0.15, -0.1) is 0 Å². The molecule has 2 amide bonds. The Morgan fingerprint density at radius 3 is 2.68 bits per heavy atom. The summed E-state index contributed by atoms with van der Waals surface area (Å²) < 4.78 is 13.5. The molecule has 0 radical (unpaired) electrons. The number of aryl methyl sites for hydroxylation is 1. The molecule has 3 aromatic rings. The molecule has 0 aliphatic carbocycles. The number of nitrogens with one attached hydrogen (secondary N) is 2. The van der Waals surface area contributed by atoms with E-state index in [1.165, 1.54) is 12.1 Å². The Balaban J connectivity index is 1.48. The van der Waals surface area contributed by atoms with Crippen molar-refractivity contribution in [2.75, 3.05) is 13.1 Å². The van der Waals surface area contributed by atoms with Gasteiger partial charge in [0.1, 0.15) is 5.82 Å². The summed E-state index contributed by atoms with van der Waals surface area (Å²) in [4.78, 5) is 28.3. The second-order valence-corrected chi connectivity index (χ2v) is 6.27. The number of halogens is 1. The molecule has 6 heteroatoms. The van der Waals surface area contributed by atoms with Crippen molar-refractivity contribution in [3.63, 3.8) is 0 Å². The molecule has 0 aliphatic rings. The topological polar surface area (TPSA) is 71.1 Å². The van der Waals surface area contributed by atoms with Crippen LogP contribution in [0.5, 0.6) is 0 Å². The van der Waals surface area contributed by atoms with Gasteiger partial charge in [0.15, 0.2) is 0 Å². The van der Waals surface area contributed by atoms with Crippen molar-refractivity contribution in [3.05, 3.63) is 83.3 Å². The number of carbonyl (C=O) groups is 2. The first-order chi connectivity index (χ1) is 13.5. The minimum atomic E-state index is -0.422. The zero-order valence-electron chi connectivity index (χ0n) is 15.4. The number of amides is 2. The molecule has 0 saturated heterocycles. The first-order valence-electron chi connectivity index (χ1n) is 8.88. The number of benzene rings is 2. The molecule has 0 unspecified atom stereocenters. The van der Waals surface area contributed by atoms with Gasteiger partial charge >= 0.3 is 0 Å². The highest BCUT2D eigenvalue weighted by Gasteiger charge is 2.07. The summed E-state index contributed by atoms with van der Waals surface area (Å²) in [6.07, 6.45) is 4.85. The number of hydrogen-bond acceptors (Lipinski definition) is 3. The molecule has 1 aromatic heterocycles. The van der Waals surface area contributed by atoms with E-state index >= 15 is 0 Å². The molecule has 0 aliphatic heterocycles. The van der Waals surface area contributed by atoms with E-state index in [0.717, 1.165) is 16.5 Å². The minimum absolute atomic E-state index is 0.240. The third-order valence-corrected chi connectivity index (χ3v) is 4.22. The SMILES string of the molecule is Cc1ccc(C(=O)NCCNC(=O)/C=C/c2cccc3cccnc23)cc1F. The van der Waals surface area contributed by atoms with Gasteiger partial charge in [0.25, 0.3) is 5.91 Å². The van der Waals surface area contributed by atoms with Gasteiger partial charge in [0, 0.05) is 41.9 Å². The van der Waals surface area contributed by atoms with Crippen molar-refractivity contribution in [1.82, 2.24) is 15.6 Å². The molecular formula is C22H20FN3O2. The van der Waals surface area contributed by atoms with Gasteiger partial charge in [-0.2, -0.15) is 0 Å². The van der Waals surface area contributed by atoms with Crippen LogP contribution in [0.25, 0.3) is 17.0 Å². The number of rotatable bonds is 6. The van der Waals surface area contributed by atoms with Crippen LogP contribution in [0.15, 0.2) is 60.8 Å². The van der Waals surface area contributed by atoms with E-state index in [1.807, 2.05) is 30.3 Å². The summed E-state index contributed by atoms with van der Waals surface area (Å²) >= 11 is 0. The molecule has 2 aromatic carbocycles. The summed E-state index contributed by atoms with van der Waals surface area (Å²) in [5.41, 5.74) is 2.41. The second-order valence-electron chi connectivity index (χ2n) is 6.27.